The fourth-order valence-electron chi connectivity index (χ4n) is 1.49. The predicted molar refractivity (Wildman–Crippen MR) is 81.1 cm³/mol. The normalized spacial score (nSPS) is 12.2. The van der Waals surface area contributed by atoms with Gasteiger partial charge in [0.2, 0.25) is 5.95 Å². The van der Waals surface area contributed by atoms with E-state index in [2.05, 4.69) is 48.5 Å². The smallest absolute Gasteiger partial charge is 0.239 e. The maximum absolute atomic E-state index is 5.30. The number of nitrogens with one attached hydrogen (secondary N) is 2. The molecule has 0 fully saturated rings. The summed E-state index contributed by atoms with van der Waals surface area (Å²) in [5.41, 5.74) is 2.42. The van der Waals surface area contributed by atoms with E-state index in [1.54, 1.807) is 17.5 Å². The number of hydrogen-bond donors (Lipinski definition) is 3. The summed E-state index contributed by atoms with van der Waals surface area (Å²) in [5, 5.41) is 4.33. The maximum Gasteiger partial charge on any atom is 0.239 e. The Bertz CT molecular complexity index is 558. The minimum Gasteiger partial charge on any atom is -0.360 e. The first kappa shape index (κ1) is 14.2. The van der Waals surface area contributed by atoms with Crippen LogP contribution in [0.4, 0.5) is 11.8 Å². The van der Waals surface area contributed by atoms with Crippen LogP contribution in [0.5, 0.6) is 0 Å². The average Bonchev–Trinajstić information content (AvgIpc) is 2.90. The Hall–Kier alpha value is -1.25. The molecule has 2 aromatic heterocycles. The minimum atomic E-state index is 0.0714. The zero-order valence-electron chi connectivity index (χ0n) is 10.6. The van der Waals surface area contributed by atoms with Crippen LogP contribution < -0.4 is 16.6 Å². The van der Waals surface area contributed by atoms with Crippen LogP contribution in [0.2, 0.25) is 0 Å². The first-order chi connectivity index (χ1) is 9.13. The molecular formula is C11H15BrN6S. The summed E-state index contributed by atoms with van der Waals surface area (Å²) in [6.45, 7) is 4.16. The van der Waals surface area contributed by atoms with Crippen molar-refractivity contribution in [3.63, 3.8) is 0 Å². The van der Waals surface area contributed by atoms with Crippen LogP contribution in [-0.2, 0) is 6.42 Å². The van der Waals surface area contributed by atoms with E-state index < -0.39 is 0 Å². The quantitative estimate of drug-likeness (QED) is 0.571. The van der Waals surface area contributed by atoms with Gasteiger partial charge in [-0.3, -0.25) is 5.43 Å². The number of nitrogens with two attached hydrogens (primary N) is 1. The molecule has 0 aliphatic heterocycles. The van der Waals surface area contributed by atoms with Gasteiger partial charge in [0.15, 0.2) is 0 Å². The number of rotatable bonds is 5. The van der Waals surface area contributed by atoms with E-state index in [4.69, 9.17) is 5.84 Å². The van der Waals surface area contributed by atoms with Gasteiger partial charge in [-0.15, -0.1) is 11.3 Å². The molecule has 0 aliphatic carbocycles. The summed E-state index contributed by atoms with van der Waals surface area (Å²) in [4.78, 5) is 13.9. The van der Waals surface area contributed by atoms with Gasteiger partial charge >= 0.3 is 0 Å². The lowest BCUT2D eigenvalue weighted by Crippen LogP contribution is -2.13. The summed E-state index contributed by atoms with van der Waals surface area (Å²) in [7, 11) is 0. The molecule has 6 nitrogen and oxygen atoms in total. The number of hydrazine groups is 1. The van der Waals surface area contributed by atoms with Crippen molar-refractivity contribution in [1.82, 2.24) is 15.0 Å². The number of aromatic nitrogens is 3. The molecule has 2 aromatic rings. The van der Waals surface area contributed by atoms with Crippen molar-refractivity contribution in [2.75, 3.05) is 10.7 Å². The Kier molecular flexibility index (Phi) is 4.67. The van der Waals surface area contributed by atoms with E-state index in [9.17, 15) is 0 Å². The van der Waals surface area contributed by atoms with Crippen LogP contribution in [0.3, 0.4) is 0 Å². The number of nitrogens with zero attached hydrogens (tertiary/aromatic N) is 3. The van der Waals surface area contributed by atoms with Gasteiger partial charge in [0.05, 0.1) is 10.5 Å². The highest BCUT2D eigenvalue weighted by atomic mass is 79.9. The standard InChI is InChI=1S/C11H15BrN6S/c1-3-7-4-14-10(19-7)6(2)16-9-8(12)5-15-11(17-9)18-13/h4-6H,3,13H2,1-2H3,(H2,15,16,17,18). The minimum absolute atomic E-state index is 0.0714. The Morgan fingerprint density at radius 1 is 1.42 bits per heavy atom. The molecule has 4 N–H and O–H groups in total. The Morgan fingerprint density at radius 2 is 2.21 bits per heavy atom. The van der Waals surface area contributed by atoms with E-state index in [0.717, 1.165) is 15.9 Å². The molecule has 2 heterocycles. The molecule has 0 aliphatic rings. The number of anilines is 2. The number of thiazole rings is 1. The van der Waals surface area contributed by atoms with Crippen LogP contribution >= 0.6 is 27.3 Å². The van der Waals surface area contributed by atoms with Gasteiger partial charge in [0.25, 0.3) is 0 Å². The highest BCUT2D eigenvalue weighted by Crippen LogP contribution is 2.27. The van der Waals surface area contributed by atoms with Gasteiger partial charge in [-0.1, -0.05) is 6.92 Å². The predicted octanol–water partition coefficient (Wildman–Crippen LogP) is 2.72. The van der Waals surface area contributed by atoms with E-state index in [1.807, 2.05) is 13.1 Å². The summed E-state index contributed by atoms with van der Waals surface area (Å²) >= 11 is 5.11. The molecule has 0 saturated carbocycles. The van der Waals surface area contributed by atoms with Crippen molar-refractivity contribution in [2.45, 2.75) is 26.3 Å². The highest BCUT2D eigenvalue weighted by Gasteiger charge is 2.13. The molecule has 8 heteroatoms. The third-order valence-corrected chi connectivity index (χ3v) is 4.42. The van der Waals surface area contributed by atoms with E-state index in [0.29, 0.717) is 11.8 Å². The van der Waals surface area contributed by atoms with Crippen molar-refractivity contribution in [1.29, 1.82) is 0 Å². The maximum atomic E-state index is 5.30. The number of nitrogen functional groups attached to an aromatic ring is 1. The van der Waals surface area contributed by atoms with Crippen LogP contribution in [0.25, 0.3) is 0 Å². The van der Waals surface area contributed by atoms with Crippen molar-refractivity contribution in [2.24, 2.45) is 5.84 Å². The zero-order chi connectivity index (χ0) is 13.8. The van der Waals surface area contributed by atoms with Gasteiger partial charge in [-0.25, -0.2) is 15.8 Å². The van der Waals surface area contributed by atoms with Crippen molar-refractivity contribution >= 4 is 39.0 Å². The van der Waals surface area contributed by atoms with Gasteiger partial charge in [-0.2, -0.15) is 4.98 Å². The molecule has 0 bridgehead atoms. The Balaban J connectivity index is 2.15. The first-order valence-corrected chi connectivity index (χ1v) is 7.45. The monoisotopic (exact) mass is 342 g/mol. The van der Waals surface area contributed by atoms with Crippen LogP contribution in [0.1, 0.15) is 29.8 Å². The Morgan fingerprint density at radius 3 is 2.84 bits per heavy atom. The lowest BCUT2D eigenvalue weighted by atomic mass is 10.3. The second kappa shape index (κ2) is 6.27. The third kappa shape index (κ3) is 3.40. The second-order valence-electron chi connectivity index (χ2n) is 3.92. The molecular weight excluding hydrogens is 328 g/mol. The van der Waals surface area contributed by atoms with Crippen molar-refractivity contribution < 1.29 is 0 Å². The molecule has 0 spiro atoms. The molecule has 19 heavy (non-hydrogen) atoms. The molecule has 0 saturated heterocycles. The summed E-state index contributed by atoms with van der Waals surface area (Å²) in [6.07, 6.45) is 4.57. The van der Waals surface area contributed by atoms with Gasteiger partial charge in [0.1, 0.15) is 10.8 Å². The lowest BCUT2D eigenvalue weighted by molar-refractivity contribution is 0.856. The van der Waals surface area contributed by atoms with Crippen LogP contribution in [-0.4, -0.2) is 15.0 Å². The topological polar surface area (TPSA) is 88.8 Å². The zero-order valence-corrected chi connectivity index (χ0v) is 13.0. The van der Waals surface area contributed by atoms with E-state index in [1.165, 1.54) is 4.88 Å². The van der Waals surface area contributed by atoms with Crippen LogP contribution in [0.15, 0.2) is 16.9 Å². The van der Waals surface area contributed by atoms with Gasteiger partial charge < -0.3 is 5.32 Å². The molecule has 0 amide bonds. The first-order valence-electron chi connectivity index (χ1n) is 5.84. The van der Waals surface area contributed by atoms with Crippen molar-refractivity contribution in [3.05, 3.63) is 26.8 Å². The third-order valence-electron chi connectivity index (χ3n) is 2.52. The van der Waals surface area contributed by atoms with E-state index >= 15 is 0 Å². The Labute approximate surface area is 124 Å². The van der Waals surface area contributed by atoms with Gasteiger partial charge in [-0.05, 0) is 29.3 Å². The lowest BCUT2D eigenvalue weighted by Gasteiger charge is -2.13. The fraction of sp³-hybridized carbons (Fsp3) is 0.364. The fourth-order valence-corrected chi connectivity index (χ4v) is 2.66. The molecule has 0 aromatic carbocycles. The number of halogens is 1. The summed E-state index contributed by atoms with van der Waals surface area (Å²) < 4.78 is 0.783. The SMILES string of the molecule is CCc1cnc(C(C)Nc2nc(NN)ncc2Br)s1. The highest BCUT2D eigenvalue weighted by molar-refractivity contribution is 9.10. The van der Waals surface area contributed by atoms with Gasteiger partial charge in [0, 0.05) is 17.3 Å². The molecule has 1 atom stereocenters. The molecule has 0 radical (unpaired) electrons. The van der Waals surface area contributed by atoms with Crippen LogP contribution in [0, 0.1) is 0 Å². The summed E-state index contributed by atoms with van der Waals surface area (Å²) in [5.74, 6) is 6.35. The second-order valence-corrected chi connectivity index (χ2v) is 5.92. The molecule has 2 rings (SSSR count). The number of aryl methyl sites for hydroxylation is 1. The molecule has 102 valence electrons. The average molecular weight is 343 g/mol. The number of hydrogen-bond acceptors (Lipinski definition) is 7. The van der Waals surface area contributed by atoms with Crippen molar-refractivity contribution in [3.8, 4) is 0 Å². The largest absolute Gasteiger partial charge is 0.360 e. The van der Waals surface area contributed by atoms with E-state index in [-0.39, 0.29) is 6.04 Å². The summed E-state index contributed by atoms with van der Waals surface area (Å²) in [6, 6.07) is 0.0714. The molecule has 1 unspecified atom stereocenters.